The third-order valence-electron chi connectivity index (χ3n) is 2.63. The predicted octanol–water partition coefficient (Wildman–Crippen LogP) is -0.0640. The van der Waals surface area contributed by atoms with Crippen LogP contribution >= 0.6 is 0 Å². The number of hydrogen-bond donors (Lipinski definition) is 4. The van der Waals surface area contributed by atoms with Gasteiger partial charge in [-0.05, 0) is 6.07 Å². The molecule has 0 radical (unpaired) electrons. The lowest BCUT2D eigenvalue weighted by Crippen LogP contribution is -2.42. The number of H-pyrrole nitrogens is 1. The summed E-state index contributed by atoms with van der Waals surface area (Å²) in [5, 5.41) is 21.0. The number of amides is 1. The molecule has 0 aliphatic carbocycles. The molecule has 1 amide bonds. The van der Waals surface area contributed by atoms with Crippen molar-refractivity contribution in [2.24, 2.45) is 0 Å². The van der Waals surface area contributed by atoms with Crippen molar-refractivity contribution in [2.75, 3.05) is 0 Å². The third-order valence-corrected chi connectivity index (χ3v) is 2.63. The summed E-state index contributed by atoms with van der Waals surface area (Å²) in [6, 6.07) is 0.176. The van der Waals surface area contributed by atoms with Crippen LogP contribution in [-0.4, -0.2) is 43.1 Å². The number of nitrogens with zero attached hydrogens (tertiary/aromatic N) is 2. The van der Waals surface area contributed by atoms with Gasteiger partial charge in [0.1, 0.15) is 11.8 Å². The minimum absolute atomic E-state index is 0.0316. The lowest BCUT2D eigenvalue weighted by molar-refractivity contribution is -0.139. The van der Waals surface area contributed by atoms with Crippen LogP contribution in [0.15, 0.2) is 31.0 Å². The van der Waals surface area contributed by atoms with Crippen molar-refractivity contribution in [1.82, 2.24) is 20.3 Å². The number of hydrogen-bond acceptors (Lipinski definition) is 5. The quantitative estimate of drug-likeness (QED) is 0.605. The maximum atomic E-state index is 11.9. The fourth-order valence-corrected chi connectivity index (χ4v) is 1.63. The molecular weight excluding hydrogens is 264 g/mol. The molecule has 1 atom stereocenters. The Morgan fingerprint density at radius 2 is 2.15 bits per heavy atom. The van der Waals surface area contributed by atoms with Gasteiger partial charge in [-0.2, -0.15) is 0 Å². The molecule has 0 aromatic carbocycles. The Labute approximate surface area is 113 Å². The van der Waals surface area contributed by atoms with Gasteiger partial charge in [0.05, 0.1) is 18.1 Å². The number of aromatic hydroxyl groups is 1. The van der Waals surface area contributed by atoms with Crippen LogP contribution in [-0.2, 0) is 11.2 Å². The Morgan fingerprint density at radius 3 is 2.75 bits per heavy atom. The summed E-state index contributed by atoms with van der Waals surface area (Å²) in [5.41, 5.74) is 0.549. The van der Waals surface area contributed by atoms with Gasteiger partial charge >= 0.3 is 5.97 Å². The maximum absolute atomic E-state index is 11.9. The SMILES string of the molecule is O=C(NC(Cc1cnc[nH]1)C(=O)O)c1ccncc1O. The maximum Gasteiger partial charge on any atom is 0.326 e. The minimum Gasteiger partial charge on any atom is -0.505 e. The van der Waals surface area contributed by atoms with Gasteiger partial charge < -0.3 is 20.5 Å². The highest BCUT2D eigenvalue weighted by Gasteiger charge is 2.22. The molecule has 2 rings (SSSR count). The first-order valence-electron chi connectivity index (χ1n) is 5.72. The van der Waals surface area contributed by atoms with Crippen molar-refractivity contribution in [3.8, 4) is 5.75 Å². The van der Waals surface area contributed by atoms with Crippen LogP contribution in [0.4, 0.5) is 0 Å². The molecule has 0 saturated heterocycles. The number of carboxylic acids is 1. The molecule has 2 aromatic heterocycles. The Hall–Kier alpha value is -2.90. The van der Waals surface area contributed by atoms with Crippen molar-refractivity contribution < 1.29 is 19.8 Å². The summed E-state index contributed by atoms with van der Waals surface area (Å²) in [6.07, 6.45) is 5.41. The molecule has 2 heterocycles. The fraction of sp³-hybridized carbons (Fsp3) is 0.167. The second-order valence-electron chi connectivity index (χ2n) is 4.04. The monoisotopic (exact) mass is 276 g/mol. The Balaban J connectivity index is 2.10. The van der Waals surface area contributed by atoms with Crippen LogP contribution in [0.5, 0.6) is 5.75 Å². The van der Waals surface area contributed by atoms with Gasteiger partial charge in [-0.3, -0.25) is 9.78 Å². The second kappa shape index (κ2) is 5.83. The first-order chi connectivity index (χ1) is 9.58. The summed E-state index contributed by atoms with van der Waals surface area (Å²) in [6.45, 7) is 0. The number of carbonyl (C=O) groups is 2. The Kier molecular flexibility index (Phi) is 3.94. The van der Waals surface area contributed by atoms with E-state index >= 15 is 0 Å². The van der Waals surface area contributed by atoms with Gasteiger partial charge in [-0.25, -0.2) is 9.78 Å². The predicted molar refractivity (Wildman–Crippen MR) is 67.1 cm³/mol. The number of rotatable bonds is 5. The standard InChI is InChI=1S/C12H12N4O4/c17-10-5-13-2-1-8(10)11(18)16-9(12(19)20)3-7-4-14-6-15-7/h1-2,4-6,9,17H,3H2,(H,14,15)(H,16,18)(H,19,20). The first-order valence-corrected chi connectivity index (χ1v) is 5.72. The van der Waals surface area contributed by atoms with Crippen LogP contribution in [0, 0.1) is 0 Å². The molecule has 0 aliphatic heterocycles. The number of aromatic nitrogens is 3. The zero-order valence-corrected chi connectivity index (χ0v) is 10.3. The lowest BCUT2D eigenvalue weighted by atomic mass is 10.1. The van der Waals surface area contributed by atoms with Crippen molar-refractivity contribution >= 4 is 11.9 Å². The number of aromatic amines is 1. The van der Waals surface area contributed by atoms with Crippen LogP contribution in [0.25, 0.3) is 0 Å². The first kappa shape index (κ1) is 13.5. The summed E-state index contributed by atoms with van der Waals surface area (Å²) < 4.78 is 0. The van der Waals surface area contributed by atoms with Gasteiger partial charge in [-0.15, -0.1) is 0 Å². The smallest absolute Gasteiger partial charge is 0.326 e. The van der Waals surface area contributed by atoms with Crippen LogP contribution < -0.4 is 5.32 Å². The average molecular weight is 276 g/mol. The summed E-state index contributed by atoms with van der Waals surface area (Å²) >= 11 is 0. The van der Waals surface area contributed by atoms with Crippen LogP contribution in [0.3, 0.4) is 0 Å². The molecule has 0 aliphatic rings. The van der Waals surface area contributed by atoms with Gasteiger partial charge in [0.25, 0.3) is 5.91 Å². The highest BCUT2D eigenvalue weighted by Crippen LogP contribution is 2.14. The molecule has 0 saturated carbocycles. The van der Waals surface area contributed by atoms with E-state index in [-0.39, 0.29) is 17.7 Å². The van der Waals surface area contributed by atoms with Gasteiger partial charge in [0, 0.05) is 24.5 Å². The Bertz CT molecular complexity index is 612. The molecule has 0 fully saturated rings. The van der Waals surface area contributed by atoms with E-state index in [1.807, 2.05) is 0 Å². The van der Waals surface area contributed by atoms with E-state index in [0.717, 1.165) is 6.20 Å². The van der Waals surface area contributed by atoms with Gasteiger partial charge in [0.2, 0.25) is 0 Å². The van der Waals surface area contributed by atoms with E-state index in [0.29, 0.717) is 5.69 Å². The van der Waals surface area contributed by atoms with Crippen LogP contribution in [0.1, 0.15) is 16.1 Å². The second-order valence-corrected chi connectivity index (χ2v) is 4.04. The Morgan fingerprint density at radius 1 is 1.35 bits per heavy atom. The lowest BCUT2D eigenvalue weighted by Gasteiger charge is -2.14. The van der Waals surface area contributed by atoms with E-state index in [1.54, 1.807) is 0 Å². The summed E-state index contributed by atoms with van der Waals surface area (Å²) in [5.74, 6) is -2.17. The number of carboxylic acid groups (broad SMARTS) is 1. The molecule has 1 unspecified atom stereocenters. The minimum atomic E-state index is -1.18. The number of imidazole rings is 1. The number of aliphatic carboxylic acids is 1. The van der Waals surface area contributed by atoms with E-state index in [4.69, 9.17) is 5.11 Å². The molecule has 0 bridgehead atoms. The van der Waals surface area contributed by atoms with Crippen molar-refractivity contribution in [3.63, 3.8) is 0 Å². The molecule has 104 valence electrons. The molecule has 4 N–H and O–H groups in total. The van der Waals surface area contributed by atoms with Crippen LogP contribution in [0.2, 0.25) is 0 Å². The topological polar surface area (TPSA) is 128 Å². The highest BCUT2D eigenvalue weighted by atomic mass is 16.4. The van der Waals surface area contributed by atoms with Crippen molar-refractivity contribution in [3.05, 3.63) is 42.2 Å². The zero-order valence-electron chi connectivity index (χ0n) is 10.3. The summed E-state index contributed by atoms with van der Waals surface area (Å²) in [4.78, 5) is 33.3. The normalized spacial score (nSPS) is 11.8. The number of pyridine rings is 1. The third kappa shape index (κ3) is 3.10. The molecule has 0 spiro atoms. The molecular formula is C12H12N4O4. The van der Waals surface area contributed by atoms with E-state index in [1.165, 1.54) is 24.8 Å². The van der Waals surface area contributed by atoms with Crippen molar-refractivity contribution in [1.29, 1.82) is 0 Å². The van der Waals surface area contributed by atoms with E-state index in [9.17, 15) is 14.7 Å². The molecule has 8 heteroatoms. The number of nitrogens with one attached hydrogen (secondary N) is 2. The van der Waals surface area contributed by atoms with E-state index < -0.39 is 17.9 Å². The largest absolute Gasteiger partial charge is 0.505 e. The highest BCUT2D eigenvalue weighted by molar-refractivity contribution is 5.98. The molecule has 2 aromatic rings. The van der Waals surface area contributed by atoms with E-state index in [2.05, 4.69) is 20.3 Å². The summed E-state index contributed by atoms with van der Waals surface area (Å²) in [7, 11) is 0. The fourth-order valence-electron chi connectivity index (χ4n) is 1.63. The van der Waals surface area contributed by atoms with Crippen molar-refractivity contribution in [2.45, 2.75) is 12.5 Å². The average Bonchev–Trinajstić information content (AvgIpc) is 2.91. The molecule has 20 heavy (non-hydrogen) atoms. The number of carbonyl (C=O) groups excluding carboxylic acids is 1. The molecule has 8 nitrogen and oxygen atoms in total. The van der Waals surface area contributed by atoms with Gasteiger partial charge in [-0.1, -0.05) is 0 Å². The zero-order chi connectivity index (χ0) is 14.5. The van der Waals surface area contributed by atoms with Gasteiger partial charge in [0.15, 0.2) is 0 Å².